The Kier molecular flexibility index (Phi) is 5.59. The highest BCUT2D eigenvalue weighted by Crippen LogP contribution is 2.31. The molecule has 82 valence electrons. The van der Waals surface area contributed by atoms with E-state index in [4.69, 9.17) is 15.0 Å². The van der Waals surface area contributed by atoms with Crippen molar-refractivity contribution in [3.05, 3.63) is 12.7 Å². The lowest BCUT2D eigenvalue weighted by molar-refractivity contribution is -0.161. The normalized spacial score (nSPS) is 11.1. The van der Waals surface area contributed by atoms with Crippen LogP contribution in [0.2, 0.25) is 0 Å². The Labute approximate surface area is 81.1 Å². The zero-order chi connectivity index (χ0) is 11.2. The highest BCUT2D eigenvalue weighted by Gasteiger charge is 2.14. The first kappa shape index (κ1) is 13.3. The fourth-order valence-electron chi connectivity index (χ4n) is 0.624. The number of nitrogens with zero attached hydrogens (tertiary/aromatic N) is 1. The van der Waals surface area contributed by atoms with E-state index in [1.54, 1.807) is 0 Å². The Balaban J connectivity index is 3.74. The van der Waals surface area contributed by atoms with E-state index in [1.807, 2.05) is 0 Å². The molecule has 0 heterocycles. The van der Waals surface area contributed by atoms with Gasteiger partial charge in [-0.1, -0.05) is 6.08 Å². The SMILES string of the molecule is C=CCN(O)C(=O)CNCP(=O)(O)O. The number of rotatable bonds is 6. The Morgan fingerprint density at radius 3 is 2.57 bits per heavy atom. The van der Waals surface area contributed by atoms with E-state index in [1.165, 1.54) is 6.08 Å². The van der Waals surface area contributed by atoms with E-state index in [0.29, 0.717) is 5.06 Å². The van der Waals surface area contributed by atoms with Gasteiger partial charge in [0.05, 0.1) is 19.4 Å². The average molecular weight is 224 g/mol. The van der Waals surface area contributed by atoms with Crippen molar-refractivity contribution in [2.24, 2.45) is 0 Å². The molecule has 0 unspecified atom stereocenters. The second-order valence-electron chi connectivity index (χ2n) is 2.51. The van der Waals surface area contributed by atoms with Crippen LogP contribution in [0.25, 0.3) is 0 Å². The first-order valence-corrected chi connectivity index (χ1v) is 5.52. The van der Waals surface area contributed by atoms with E-state index >= 15 is 0 Å². The quantitative estimate of drug-likeness (QED) is 0.202. The Hall–Kier alpha value is -0.720. The summed E-state index contributed by atoms with van der Waals surface area (Å²) in [4.78, 5) is 27.8. The van der Waals surface area contributed by atoms with Crippen LogP contribution in [-0.2, 0) is 9.36 Å². The van der Waals surface area contributed by atoms with Crippen LogP contribution in [-0.4, -0.2) is 45.3 Å². The maximum atomic E-state index is 10.9. The molecular weight excluding hydrogens is 211 g/mol. The van der Waals surface area contributed by atoms with Crippen molar-refractivity contribution in [3.8, 4) is 0 Å². The molecule has 0 radical (unpaired) electrons. The number of nitrogens with one attached hydrogen (secondary N) is 1. The van der Waals surface area contributed by atoms with Crippen LogP contribution >= 0.6 is 7.60 Å². The summed E-state index contributed by atoms with van der Waals surface area (Å²) in [6.07, 6.45) is 0.724. The number of amides is 1. The van der Waals surface area contributed by atoms with Crippen LogP contribution in [0.5, 0.6) is 0 Å². The van der Waals surface area contributed by atoms with Gasteiger partial charge in [-0.15, -0.1) is 6.58 Å². The molecule has 0 aliphatic carbocycles. The number of carbonyl (C=O) groups is 1. The molecule has 0 atom stereocenters. The van der Waals surface area contributed by atoms with Crippen LogP contribution in [0.4, 0.5) is 0 Å². The number of carbonyl (C=O) groups excluding carboxylic acids is 1. The minimum Gasteiger partial charge on any atom is -0.324 e. The van der Waals surface area contributed by atoms with E-state index in [9.17, 15) is 9.36 Å². The van der Waals surface area contributed by atoms with E-state index in [-0.39, 0.29) is 13.1 Å². The van der Waals surface area contributed by atoms with Gasteiger partial charge in [0.1, 0.15) is 0 Å². The Morgan fingerprint density at radius 1 is 1.57 bits per heavy atom. The van der Waals surface area contributed by atoms with Gasteiger partial charge in [0.15, 0.2) is 0 Å². The highest BCUT2D eigenvalue weighted by atomic mass is 31.2. The number of hydrogen-bond donors (Lipinski definition) is 4. The molecular formula is C6H13N2O5P. The molecule has 0 aromatic rings. The van der Waals surface area contributed by atoms with Crippen LogP contribution in [0, 0.1) is 0 Å². The van der Waals surface area contributed by atoms with Gasteiger partial charge in [-0.3, -0.25) is 19.9 Å². The van der Waals surface area contributed by atoms with Crippen LogP contribution in [0.15, 0.2) is 12.7 Å². The second-order valence-corrected chi connectivity index (χ2v) is 4.16. The zero-order valence-corrected chi connectivity index (χ0v) is 8.35. The molecule has 0 aromatic carbocycles. The predicted molar refractivity (Wildman–Crippen MR) is 48.6 cm³/mol. The maximum Gasteiger partial charge on any atom is 0.339 e. The zero-order valence-electron chi connectivity index (χ0n) is 7.46. The summed E-state index contributed by atoms with van der Waals surface area (Å²) in [5.41, 5.74) is 0. The lowest BCUT2D eigenvalue weighted by Gasteiger charge is -2.13. The molecule has 0 aromatic heterocycles. The summed E-state index contributed by atoms with van der Waals surface area (Å²) in [6.45, 7) is 2.93. The van der Waals surface area contributed by atoms with Crippen LogP contribution < -0.4 is 5.32 Å². The van der Waals surface area contributed by atoms with E-state index in [2.05, 4.69) is 11.9 Å². The molecule has 0 rings (SSSR count). The standard InChI is InChI=1S/C6H13N2O5P/c1-2-3-8(10)6(9)4-7-5-14(11,12)13/h2,7,10H,1,3-5H2,(H2,11,12,13). The van der Waals surface area contributed by atoms with Gasteiger partial charge in [-0.05, 0) is 0 Å². The topological polar surface area (TPSA) is 110 Å². The maximum absolute atomic E-state index is 10.9. The number of hydroxylamine groups is 2. The van der Waals surface area contributed by atoms with Crippen molar-refractivity contribution in [3.63, 3.8) is 0 Å². The van der Waals surface area contributed by atoms with Gasteiger partial charge < -0.3 is 9.79 Å². The summed E-state index contributed by atoms with van der Waals surface area (Å²) in [5, 5.41) is 11.5. The predicted octanol–water partition coefficient (Wildman–Crippen LogP) is -0.885. The molecule has 1 amide bonds. The first-order chi connectivity index (χ1) is 6.37. The van der Waals surface area contributed by atoms with Gasteiger partial charge in [0, 0.05) is 0 Å². The van der Waals surface area contributed by atoms with Crippen molar-refractivity contribution >= 4 is 13.5 Å². The second kappa shape index (κ2) is 5.90. The molecule has 0 bridgehead atoms. The number of hydrogen-bond acceptors (Lipinski definition) is 4. The Morgan fingerprint density at radius 2 is 2.14 bits per heavy atom. The van der Waals surface area contributed by atoms with E-state index in [0.717, 1.165) is 0 Å². The van der Waals surface area contributed by atoms with Crippen LogP contribution in [0.1, 0.15) is 0 Å². The van der Waals surface area contributed by atoms with Crippen molar-refractivity contribution in [1.29, 1.82) is 0 Å². The van der Waals surface area contributed by atoms with Gasteiger partial charge in [0.25, 0.3) is 5.91 Å². The van der Waals surface area contributed by atoms with Crippen LogP contribution in [0.3, 0.4) is 0 Å². The molecule has 0 aliphatic rings. The summed E-state index contributed by atoms with van der Waals surface area (Å²) in [5.74, 6) is -0.682. The molecule has 14 heavy (non-hydrogen) atoms. The fourth-order valence-corrected chi connectivity index (χ4v) is 1.03. The molecule has 0 fully saturated rings. The third-order valence-electron chi connectivity index (χ3n) is 1.18. The summed E-state index contributed by atoms with van der Waals surface area (Å²) < 4.78 is 10.3. The lowest BCUT2D eigenvalue weighted by atomic mass is 10.5. The average Bonchev–Trinajstić information content (AvgIpc) is 2.02. The van der Waals surface area contributed by atoms with Gasteiger partial charge >= 0.3 is 7.60 Å². The summed E-state index contributed by atoms with van der Waals surface area (Å²) >= 11 is 0. The molecule has 0 spiro atoms. The van der Waals surface area contributed by atoms with Gasteiger partial charge in [-0.2, -0.15) is 0 Å². The van der Waals surface area contributed by atoms with Crippen molar-refractivity contribution in [2.45, 2.75) is 0 Å². The largest absolute Gasteiger partial charge is 0.339 e. The molecule has 7 nitrogen and oxygen atoms in total. The molecule has 0 saturated heterocycles. The fraction of sp³-hybridized carbons (Fsp3) is 0.500. The third kappa shape index (κ3) is 6.76. The first-order valence-electron chi connectivity index (χ1n) is 3.72. The molecule has 4 N–H and O–H groups in total. The molecule has 0 aliphatic heterocycles. The minimum absolute atomic E-state index is 0.0313. The smallest absolute Gasteiger partial charge is 0.324 e. The van der Waals surface area contributed by atoms with Crippen molar-refractivity contribution in [1.82, 2.24) is 10.4 Å². The summed E-state index contributed by atoms with van der Waals surface area (Å²) in [6, 6.07) is 0. The summed E-state index contributed by atoms with van der Waals surface area (Å²) in [7, 11) is -4.15. The van der Waals surface area contributed by atoms with E-state index < -0.39 is 19.8 Å². The minimum atomic E-state index is -4.15. The van der Waals surface area contributed by atoms with Crippen molar-refractivity contribution < 1.29 is 24.4 Å². The highest BCUT2D eigenvalue weighted by molar-refractivity contribution is 7.51. The van der Waals surface area contributed by atoms with Gasteiger partial charge in [-0.25, -0.2) is 5.06 Å². The molecule has 0 saturated carbocycles. The van der Waals surface area contributed by atoms with Crippen molar-refractivity contribution in [2.75, 3.05) is 19.4 Å². The lowest BCUT2D eigenvalue weighted by Crippen LogP contribution is -2.36. The third-order valence-corrected chi connectivity index (χ3v) is 1.82. The molecule has 8 heteroatoms. The van der Waals surface area contributed by atoms with Gasteiger partial charge in [0.2, 0.25) is 0 Å². The Bertz CT molecular complexity index is 251. The monoisotopic (exact) mass is 224 g/mol.